The number of hydrogen-bond acceptors (Lipinski definition) is 2. The Morgan fingerprint density at radius 1 is 1.14 bits per heavy atom. The maximum absolute atomic E-state index is 13.4. The van der Waals surface area contributed by atoms with E-state index in [0.717, 1.165) is 18.4 Å². The molecule has 5 heteroatoms. The van der Waals surface area contributed by atoms with Gasteiger partial charge in [-0.3, -0.25) is 0 Å². The molecule has 0 amide bonds. The van der Waals surface area contributed by atoms with Gasteiger partial charge >= 0.3 is 0 Å². The van der Waals surface area contributed by atoms with Crippen LogP contribution in [0.2, 0.25) is 0 Å². The molecule has 1 nitrogen and oxygen atoms in total. The number of thiophene rings is 1. The van der Waals surface area contributed by atoms with Gasteiger partial charge in [0.1, 0.15) is 0 Å². The monoisotopic (exact) mass is 218 g/mol. The van der Waals surface area contributed by atoms with Crippen LogP contribution in [0.1, 0.15) is 0 Å². The summed E-state index contributed by atoms with van der Waals surface area (Å²) in [4.78, 5) is 0. The number of methoxy groups -OCH3 is 1. The topological polar surface area (TPSA) is 9.23 Å². The van der Waals surface area contributed by atoms with E-state index in [0.29, 0.717) is 0 Å². The molecular weight excluding hydrogens is 213 g/mol. The average Bonchev–Trinajstić information content (AvgIpc) is 2.64. The van der Waals surface area contributed by atoms with E-state index >= 15 is 0 Å². The summed E-state index contributed by atoms with van der Waals surface area (Å²) in [6, 6.07) is 1.33. The van der Waals surface area contributed by atoms with E-state index in [1.165, 1.54) is 11.4 Å². The number of benzene rings is 1. The molecule has 0 radical (unpaired) electrons. The first-order valence-electron chi connectivity index (χ1n) is 3.74. The molecule has 74 valence electrons. The smallest absolute Gasteiger partial charge is 0.204 e. The molecule has 0 atom stereocenters. The van der Waals surface area contributed by atoms with Crippen molar-refractivity contribution in [3.05, 3.63) is 28.9 Å². The molecule has 1 aromatic heterocycles. The van der Waals surface area contributed by atoms with Crippen LogP contribution in [0.5, 0.6) is 5.75 Å². The van der Waals surface area contributed by atoms with Gasteiger partial charge in [-0.2, -0.15) is 4.39 Å². The zero-order valence-electron chi connectivity index (χ0n) is 7.11. The van der Waals surface area contributed by atoms with E-state index in [9.17, 15) is 13.2 Å². The van der Waals surface area contributed by atoms with Crippen molar-refractivity contribution in [1.29, 1.82) is 0 Å². The van der Waals surface area contributed by atoms with Gasteiger partial charge in [-0.1, -0.05) is 0 Å². The van der Waals surface area contributed by atoms with Crippen molar-refractivity contribution in [2.75, 3.05) is 7.11 Å². The Bertz CT molecular complexity index is 492. The van der Waals surface area contributed by atoms with Crippen molar-refractivity contribution in [1.82, 2.24) is 0 Å². The lowest BCUT2D eigenvalue weighted by atomic mass is 10.2. The zero-order valence-corrected chi connectivity index (χ0v) is 7.92. The van der Waals surface area contributed by atoms with E-state index < -0.39 is 23.2 Å². The zero-order chi connectivity index (χ0) is 10.3. The minimum Gasteiger partial charge on any atom is -0.491 e. The van der Waals surface area contributed by atoms with Crippen molar-refractivity contribution < 1.29 is 17.9 Å². The molecule has 0 saturated heterocycles. The molecule has 0 spiro atoms. The highest BCUT2D eigenvalue weighted by molar-refractivity contribution is 7.17. The van der Waals surface area contributed by atoms with Crippen molar-refractivity contribution in [3.63, 3.8) is 0 Å². The quantitative estimate of drug-likeness (QED) is 0.667. The van der Waals surface area contributed by atoms with Crippen LogP contribution in [-0.4, -0.2) is 7.11 Å². The van der Waals surface area contributed by atoms with Crippen LogP contribution in [0.25, 0.3) is 10.1 Å². The minimum absolute atomic E-state index is 0.0502. The van der Waals surface area contributed by atoms with E-state index in [2.05, 4.69) is 4.74 Å². The molecule has 2 rings (SSSR count). The van der Waals surface area contributed by atoms with Crippen molar-refractivity contribution in [3.8, 4) is 5.75 Å². The fourth-order valence-electron chi connectivity index (χ4n) is 1.25. The number of halogens is 3. The highest BCUT2D eigenvalue weighted by Crippen LogP contribution is 2.35. The fourth-order valence-corrected chi connectivity index (χ4v) is 2.07. The maximum atomic E-state index is 13.4. The lowest BCUT2D eigenvalue weighted by molar-refractivity contribution is 0.351. The van der Waals surface area contributed by atoms with Crippen molar-refractivity contribution in [2.45, 2.75) is 0 Å². The summed E-state index contributed by atoms with van der Waals surface area (Å²) < 4.78 is 44.3. The second-order valence-electron chi connectivity index (χ2n) is 2.64. The van der Waals surface area contributed by atoms with Gasteiger partial charge in [-0.25, -0.2) is 8.78 Å². The van der Waals surface area contributed by atoms with E-state index in [1.54, 1.807) is 0 Å². The average molecular weight is 218 g/mol. The first kappa shape index (κ1) is 9.33. The molecule has 0 fully saturated rings. The Balaban J connectivity index is 2.94. The number of ether oxygens (including phenoxy) is 1. The molecule has 0 unspecified atom stereocenters. The predicted molar refractivity (Wildman–Crippen MR) is 48.3 cm³/mol. The van der Waals surface area contributed by atoms with Crippen LogP contribution in [-0.2, 0) is 0 Å². The van der Waals surface area contributed by atoms with Gasteiger partial charge in [0.25, 0.3) is 0 Å². The van der Waals surface area contributed by atoms with E-state index in [1.807, 2.05) is 0 Å². The van der Waals surface area contributed by atoms with E-state index in [4.69, 9.17) is 0 Å². The molecule has 0 aliphatic heterocycles. The van der Waals surface area contributed by atoms with E-state index in [-0.39, 0.29) is 10.1 Å². The highest BCUT2D eigenvalue weighted by Gasteiger charge is 2.21. The SMILES string of the molecule is COc1c(F)c(F)c2ccsc2c1F. The third-order valence-corrected chi connectivity index (χ3v) is 2.80. The standard InChI is InChI=1S/C9H5F3OS/c1-13-8-6(11)5(10)4-2-3-14-9(4)7(8)12/h2-3H,1H3. The summed E-state index contributed by atoms with van der Waals surface area (Å²) in [5.41, 5.74) is 0. The maximum Gasteiger partial charge on any atom is 0.204 e. The Labute approximate surface area is 81.7 Å². The van der Waals surface area contributed by atoms with Crippen LogP contribution in [0.3, 0.4) is 0 Å². The van der Waals surface area contributed by atoms with Gasteiger partial charge in [0.2, 0.25) is 5.82 Å². The van der Waals surface area contributed by atoms with Gasteiger partial charge < -0.3 is 4.74 Å². The minimum atomic E-state index is -1.28. The van der Waals surface area contributed by atoms with Crippen LogP contribution >= 0.6 is 11.3 Å². The summed E-state index contributed by atoms with van der Waals surface area (Å²) in [6.07, 6.45) is 0. The second kappa shape index (κ2) is 3.16. The first-order chi connectivity index (χ1) is 6.66. The van der Waals surface area contributed by atoms with Crippen LogP contribution in [0.4, 0.5) is 13.2 Å². The van der Waals surface area contributed by atoms with Crippen LogP contribution in [0.15, 0.2) is 11.4 Å². The Morgan fingerprint density at radius 2 is 1.86 bits per heavy atom. The van der Waals surface area contributed by atoms with Crippen LogP contribution < -0.4 is 4.74 Å². The lowest BCUT2D eigenvalue weighted by Crippen LogP contribution is -1.96. The van der Waals surface area contributed by atoms with Gasteiger partial charge in [0.05, 0.1) is 11.8 Å². The Kier molecular flexibility index (Phi) is 2.11. The largest absolute Gasteiger partial charge is 0.491 e. The summed E-state index contributed by atoms with van der Waals surface area (Å²) >= 11 is 1.00. The molecule has 0 saturated carbocycles. The fraction of sp³-hybridized carbons (Fsp3) is 0.111. The summed E-state index contributed by atoms with van der Waals surface area (Å²) in [5, 5.41) is 1.45. The molecule has 0 bridgehead atoms. The van der Waals surface area contributed by atoms with Gasteiger partial charge in [-0.05, 0) is 11.4 Å². The summed E-state index contributed by atoms with van der Waals surface area (Å²) in [6.45, 7) is 0. The molecule has 14 heavy (non-hydrogen) atoms. The predicted octanol–water partition coefficient (Wildman–Crippen LogP) is 3.33. The third-order valence-electron chi connectivity index (χ3n) is 1.90. The summed E-state index contributed by atoms with van der Waals surface area (Å²) in [7, 11) is 1.10. The lowest BCUT2D eigenvalue weighted by Gasteiger charge is -2.05. The number of fused-ring (bicyclic) bond motifs is 1. The van der Waals surface area contributed by atoms with Gasteiger partial charge in [-0.15, -0.1) is 11.3 Å². The molecule has 1 heterocycles. The molecule has 0 aliphatic rings. The molecule has 0 N–H and O–H groups in total. The number of hydrogen-bond donors (Lipinski definition) is 0. The van der Waals surface area contributed by atoms with Gasteiger partial charge in [0.15, 0.2) is 17.4 Å². The van der Waals surface area contributed by atoms with Crippen molar-refractivity contribution in [2.24, 2.45) is 0 Å². The normalized spacial score (nSPS) is 10.9. The molecule has 2 aromatic rings. The first-order valence-corrected chi connectivity index (χ1v) is 4.62. The third kappa shape index (κ3) is 1.09. The second-order valence-corrected chi connectivity index (χ2v) is 3.55. The van der Waals surface area contributed by atoms with Gasteiger partial charge in [0, 0.05) is 5.39 Å². The Morgan fingerprint density at radius 3 is 2.50 bits per heavy atom. The highest BCUT2D eigenvalue weighted by atomic mass is 32.1. The Hall–Kier alpha value is -1.23. The molecule has 1 aromatic carbocycles. The van der Waals surface area contributed by atoms with Crippen molar-refractivity contribution >= 4 is 21.4 Å². The number of rotatable bonds is 1. The molecular formula is C9H5F3OS. The molecule has 0 aliphatic carbocycles. The van der Waals surface area contributed by atoms with Crippen LogP contribution in [0, 0.1) is 17.5 Å². The summed E-state index contributed by atoms with van der Waals surface area (Å²) in [5.74, 6) is -3.87.